The fourth-order valence-corrected chi connectivity index (χ4v) is 2.81. The van der Waals surface area contributed by atoms with Crippen LogP contribution in [0.5, 0.6) is 0 Å². The van der Waals surface area contributed by atoms with Crippen molar-refractivity contribution in [1.29, 1.82) is 0 Å². The molecule has 0 radical (unpaired) electrons. The maximum atomic E-state index is 12.0. The first-order valence-electron chi connectivity index (χ1n) is 4.88. The number of aromatic nitrogens is 1. The fourth-order valence-electron chi connectivity index (χ4n) is 1.28. The van der Waals surface area contributed by atoms with Crippen LogP contribution >= 0.6 is 23.2 Å². The zero-order chi connectivity index (χ0) is 13.2. The van der Waals surface area contributed by atoms with Crippen molar-refractivity contribution in [3.63, 3.8) is 0 Å². The molecule has 2 rings (SSSR count). The van der Waals surface area contributed by atoms with Crippen molar-refractivity contribution < 1.29 is 8.42 Å². The van der Waals surface area contributed by atoms with Gasteiger partial charge in [0.05, 0.1) is 14.9 Å². The van der Waals surface area contributed by atoms with Gasteiger partial charge in [-0.3, -0.25) is 4.72 Å². The second-order valence-corrected chi connectivity index (χ2v) is 5.93. The standard InChI is InChI=1S/C11H8Cl2N2O2S/c12-8-6-10(13)11(14-7-8)15-18(16,17)9-4-2-1-3-5-9/h1-7H,(H,14,15). The lowest BCUT2D eigenvalue weighted by Crippen LogP contribution is -2.14. The second-order valence-electron chi connectivity index (χ2n) is 3.40. The summed E-state index contributed by atoms with van der Waals surface area (Å²) in [5.41, 5.74) is 0. The third-order valence-corrected chi connectivity index (χ3v) is 3.94. The van der Waals surface area contributed by atoms with Gasteiger partial charge in [0.15, 0.2) is 5.82 Å². The lowest BCUT2D eigenvalue weighted by Gasteiger charge is -2.08. The minimum atomic E-state index is -3.69. The van der Waals surface area contributed by atoms with Crippen LogP contribution in [0.25, 0.3) is 0 Å². The predicted molar refractivity (Wildman–Crippen MR) is 71.5 cm³/mol. The van der Waals surface area contributed by atoms with E-state index in [-0.39, 0.29) is 15.7 Å². The molecule has 0 saturated heterocycles. The molecule has 0 aliphatic heterocycles. The van der Waals surface area contributed by atoms with E-state index < -0.39 is 10.0 Å². The van der Waals surface area contributed by atoms with E-state index >= 15 is 0 Å². The van der Waals surface area contributed by atoms with Crippen LogP contribution in [0, 0.1) is 0 Å². The minimum Gasteiger partial charge on any atom is -0.262 e. The molecule has 1 aromatic heterocycles. The van der Waals surface area contributed by atoms with Crippen LogP contribution in [0.3, 0.4) is 0 Å². The predicted octanol–water partition coefficient (Wildman–Crippen LogP) is 3.19. The monoisotopic (exact) mass is 302 g/mol. The number of hydrogen-bond donors (Lipinski definition) is 1. The molecule has 1 heterocycles. The summed E-state index contributed by atoms with van der Waals surface area (Å²) < 4.78 is 26.3. The van der Waals surface area contributed by atoms with Crippen molar-refractivity contribution >= 4 is 39.0 Å². The largest absolute Gasteiger partial charge is 0.263 e. The van der Waals surface area contributed by atoms with Crippen molar-refractivity contribution in [3.05, 3.63) is 52.6 Å². The van der Waals surface area contributed by atoms with Crippen LogP contribution in [0.15, 0.2) is 47.5 Å². The molecule has 4 nitrogen and oxygen atoms in total. The van der Waals surface area contributed by atoms with Crippen molar-refractivity contribution in [1.82, 2.24) is 4.98 Å². The van der Waals surface area contributed by atoms with E-state index in [1.807, 2.05) is 0 Å². The number of halogens is 2. The Balaban J connectivity index is 2.34. The Morgan fingerprint density at radius 1 is 1.11 bits per heavy atom. The summed E-state index contributed by atoms with van der Waals surface area (Å²) in [6.07, 6.45) is 1.32. The number of rotatable bonds is 3. The molecule has 1 N–H and O–H groups in total. The van der Waals surface area contributed by atoms with Crippen LogP contribution in [-0.2, 0) is 10.0 Å². The number of nitrogens with zero attached hydrogens (tertiary/aromatic N) is 1. The van der Waals surface area contributed by atoms with Gasteiger partial charge in [0, 0.05) is 6.20 Å². The Labute approximate surface area is 115 Å². The Morgan fingerprint density at radius 2 is 1.78 bits per heavy atom. The minimum absolute atomic E-state index is 0.0462. The number of benzene rings is 1. The van der Waals surface area contributed by atoms with E-state index in [1.54, 1.807) is 18.2 Å². The van der Waals surface area contributed by atoms with Gasteiger partial charge in [0.25, 0.3) is 10.0 Å². The topological polar surface area (TPSA) is 59.1 Å². The van der Waals surface area contributed by atoms with Crippen LogP contribution in [0.4, 0.5) is 5.82 Å². The molecule has 0 spiro atoms. The fraction of sp³-hybridized carbons (Fsp3) is 0. The van der Waals surface area contributed by atoms with Crippen LogP contribution in [0.2, 0.25) is 10.0 Å². The Hall–Kier alpha value is -1.30. The van der Waals surface area contributed by atoms with Crippen molar-refractivity contribution in [3.8, 4) is 0 Å². The average molecular weight is 303 g/mol. The SMILES string of the molecule is O=S(=O)(Nc1ncc(Cl)cc1Cl)c1ccccc1. The van der Waals surface area contributed by atoms with E-state index in [4.69, 9.17) is 23.2 Å². The first kappa shape index (κ1) is 13.1. The van der Waals surface area contributed by atoms with Crippen LogP contribution < -0.4 is 4.72 Å². The average Bonchev–Trinajstić information content (AvgIpc) is 2.34. The van der Waals surface area contributed by atoms with Crippen molar-refractivity contribution in [2.75, 3.05) is 4.72 Å². The number of nitrogens with one attached hydrogen (secondary N) is 1. The van der Waals surface area contributed by atoms with Gasteiger partial charge >= 0.3 is 0 Å². The highest BCUT2D eigenvalue weighted by Crippen LogP contribution is 2.24. The lowest BCUT2D eigenvalue weighted by molar-refractivity contribution is 0.601. The molecule has 7 heteroatoms. The molecule has 0 aliphatic carbocycles. The first-order valence-corrected chi connectivity index (χ1v) is 7.12. The number of anilines is 1. The molecule has 0 fully saturated rings. The smallest absolute Gasteiger partial charge is 0.262 e. The highest BCUT2D eigenvalue weighted by Gasteiger charge is 2.16. The van der Waals surface area contributed by atoms with Gasteiger partial charge in [-0.15, -0.1) is 0 Å². The van der Waals surface area contributed by atoms with Gasteiger partial charge in [-0.1, -0.05) is 41.4 Å². The summed E-state index contributed by atoms with van der Waals surface area (Å²) in [6.45, 7) is 0. The lowest BCUT2D eigenvalue weighted by atomic mass is 10.4. The summed E-state index contributed by atoms with van der Waals surface area (Å²) in [5, 5.41) is 0.477. The van der Waals surface area contributed by atoms with E-state index in [0.29, 0.717) is 5.02 Å². The van der Waals surface area contributed by atoms with Gasteiger partial charge < -0.3 is 0 Å². The maximum Gasteiger partial charge on any atom is 0.263 e. The molecule has 0 saturated carbocycles. The molecule has 0 amide bonds. The Kier molecular flexibility index (Phi) is 3.75. The molecule has 0 atom stereocenters. The van der Waals surface area contributed by atoms with Crippen LogP contribution in [-0.4, -0.2) is 13.4 Å². The summed E-state index contributed by atoms with van der Waals surface area (Å²) in [7, 11) is -3.69. The second kappa shape index (κ2) is 5.14. The highest BCUT2D eigenvalue weighted by atomic mass is 35.5. The zero-order valence-corrected chi connectivity index (χ0v) is 11.3. The molecule has 18 heavy (non-hydrogen) atoms. The highest BCUT2D eigenvalue weighted by molar-refractivity contribution is 7.92. The van der Waals surface area contributed by atoms with Crippen LogP contribution in [0.1, 0.15) is 0 Å². The summed E-state index contributed by atoms with van der Waals surface area (Å²) >= 11 is 11.5. The molecular formula is C11H8Cl2N2O2S. The van der Waals surface area contributed by atoms with E-state index in [0.717, 1.165) is 0 Å². The Bertz CT molecular complexity index is 660. The number of sulfonamides is 1. The van der Waals surface area contributed by atoms with E-state index in [2.05, 4.69) is 9.71 Å². The molecule has 0 aliphatic rings. The molecule has 0 unspecified atom stereocenters. The van der Waals surface area contributed by atoms with E-state index in [1.165, 1.54) is 24.4 Å². The quantitative estimate of drug-likeness (QED) is 0.947. The zero-order valence-electron chi connectivity index (χ0n) is 8.97. The number of pyridine rings is 1. The van der Waals surface area contributed by atoms with Gasteiger partial charge in [-0.25, -0.2) is 13.4 Å². The van der Waals surface area contributed by atoms with Crippen molar-refractivity contribution in [2.24, 2.45) is 0 Å². The molecule has 94 valence electrons. The molecule has 1 aromatic carbocycles. The maximum absolute atomic E-state index is 12.0. The molecular weight excluding hydrogens is 295 g/mol. The van der Waals surface area contributed by atoms with Gasteiger partial charge in [-0.2, -0.15) is 0 Å². The van der Waals surface area contributed by atoms with Gasteiger partial charge in [0.2, 0.25) is 0 Å². The summed E-state index contributed by atoms with van der Waals surface area (Å²) in [4.78, 5) is 3.97. The normalized spacial score (nSPS) is 11.2. The molecule has 0 bridgehead atoms. The number of hydrogen-bond acceptors (Lipinski definition) is 3. The Morgan fingerprint density at radius 3 is 2.39 bits per heavy atom. The third-order valence-electron chi connectivity index (χ3n) is 2.09. The van der Waals surface area contributed by atoms with Crippen molar-refractivity contribution in [2.45, 2.75) is 4.90 Å². The summed E-state index contributed by atoms with van der Waals surface area (Å²) in [5.74, 6) is 0.0462. The van der Waals surface area contributed by atoms with Gasteiger partial charge in [-0.05, 0) is 18.2 Å². The van der Waals surface area contributed by atoms with Gasteiger partial charge in [0.1, 0.15) is 0 Å². The third kappa shape index (κ3) is 2.93. The summed E-state index contributed by atoms with van der Waals surface area (Å²) in [6, 6.07) is 9.36. The first-order chi connectivity index (χ1) is 8.49. The molecule has 2 aromatic rings. The van der Waals surface area contributed by atoms with E-state index in [9.17, 15) is 8.42 Å².